The third kappa shape index (κ3) is 4.11. The Hall–Kier alpha value is -2.90. The first-order valence-electron chi connectivity index (χ1n) is 10.1. The lowest BCUT2D eigenvalue weighted by molar-refractivity contribution is -0.129. The van der Waals surface area contributed by atoms with Gasteiger partial charge in [0.2, 0.25) is 11.8 Å². The number of benzene rings is 1. The van der Waals surface area contributed by atoms with Crippen LogP contribution in [0.25, 0.3) is 0 Å². The fourth-order valence-electron chi connectivity index (χ4n) is 4.26. The first-order valence-corrected chi connectivity index (χ1v) is 10.1. The van der Waals surface area contributed by atoms with Gasteiger partial charge >= 0.3 is 0 Å². The molecule has 1 saturated heterocycles. The molecule has 154 valence electrons. The molecule has 29 heavy (non-hydrogen) atoms. The van der Waals surface area contributed by atoms with E-state index in [0.29, 0.717) is 32.2 Å². The van der Waals surface area contributed by atoms with Gasteiger partial charge in [-0.3, -0.25) is 9.59 Å². The van der Waals surface area contributed by atoms with Gasteiger partial charge in [0.25, 0.3) is 0 Å². The van der Waals surface area contributed by atoms with Crippen molar-refractivity contribution in [1.82, 2.24) is 25.0 Å². The van der Waals surface area contributed by atoms with Gasteiger partial charge in [0.15, 0.2) is 0 Å². The highest BCUT2D eigenvalue weighted by Gasteiger charge is 2.43. The summed E-state index contributed by atoms with van der Waals surface area (Å²) >= 11 is 0. The molecule has 1 aromatic carbocycles. The molecular formula is C21H27N5O3. The number of carbonyl (C=O) groups excluding carboxylic acids is 2. The fourth-order valence-corrected chi connectivity index (χ4v) is 4.26. The van der Waals surface area contributed by atoms with Crippen molar-refractivity contribution in [2.75, 3.05) is 13.6 Å². The summed E-state index contributed by atoms with van der Waals surface area (Å²) in [4.78, 5) is 30.7. The van der Waals surface area contributed by atoms with Crippen molar-refractivity contribution >= 4 is 11.8 Å². The van der Waals surface area contributed by atoms with Crippen LogP contribution in [0.2, 0.25) is 0 Å². The van der Waals surface area contributed by atoms with E-state index in [-0.39, 0.29) is 23.9 Å². The summed E-state index contributed by atoms with van der Waals surface area (Å²) in [6.07, 6.45) is 5.94. The number of amides is 2. The minimum atomic E-state index is -0.440. The van der Waals surface area contributed by atoms with E-state index in [4.69, 9.17) is 4.74 Å². The van der Waals surface area contributed by atoms with Crippen LogP contribution in [0.15, 0.2) is 36.9 Å². The van der Waals surface area contributed by atoms with Crippen molar-refractivity contribution in [3.05, 3.63) is 42.5 Å². The standard InChI is InChI=1S/C21H27N5O3/c1-15(26-14-22-13-23-26)11-19(27)24-17-12-21(8-7-20(28)25(2)10-9-21)29-18-6-4-3-5-16(17)18/h3-6,13-15,17H,7-12H2,1-2H3,(H,24,27). The number of likely N-dealkylation sites (tertiary alicyclic amines) is 1. The van der Waals surface area contributed by atoms with Crippen molar-refractivity contribution < 1.29 is 14.3 Å². The number of hydrogen-bond donors (Lipinski definition) is 1. The summed E-state index contributed by atoms with van der Waals surface area (Å²) < 4.78 is 8.12. The zero-order valence-electron chi connectivity index (χ0n) is 16.9. The molecule has 8 heteroatoms. The molecule has 2 aliphatic heterocycles. The van der Waals surface area contributed by atoms with Gasteiger partial charge in [0.05, 0.1) is 12.1 Å². The predicted octanol–water partition coefficient (Wildman–Crippen LogP) is 2.25. The number of para-hydroxylation sites is 1. The molecule has 0 aliphatic carbocycles. The van der Waals surface area contributed by atoms with Gasteiger partial charge in [0, 0.05) is 44.8 Å². The molecule has 3 heterocycles. The van der Waals surface area contributed by atoms with Gasteiger partial charge in [0.1, 0.15) is 24.0 Å². The number of hydrogen-bond acceptors (Lipinski definition) is 5. The Labute approximate surface area is 170 Å². The summed E-state index contributed by atoms with van der Waals surface area (Å²) in [5.74, 6) is 0.906. The van der Waals surface area contributed by atoms with Crippen LogP contribution in [0.3, 0.4) is 0 Å². The van der Waals surface area contributed by atoms with E-state index in [0.717, 1.165) is 17.7 Å². The van der Waals surface area contributed by atoms with E-state index in [1.165, 1.54) is 6.33 Å². The van der Waals surface area contributed by atoms with Crippen molar-refractivity contribution in [3.63, 3.8) is 0 Å². The van der Waals surface area contributed by atoms with Crippen LogP contribution in [0.4, 0.5) is 0 Å². The minimum absolute atomic E-state index is 0.0355. The zero-order valence-corrected chi connectivity index (χ0v) is 16.9. The van der Waals surface area contributed by atoms with Gasteiger partial charge < -0.3 is 15.0 Å². The molecule has 1 spiro atoms. The Kier molecular flexibility index (Phi) is 5.25. The number of carbonyl (C=O) groups is 2. The summed E-state index contributed by atoms with van der Waals surface area (Å²) in [6.45, 7) is 2.60. The second kappa shape index (κ2) is 7.85. The van der Waals surface area contributed by atoms with Gasteiger partial charge in [-0.1, -0.05) is 18.2 Å². The molecule has 0 radical (unpaired) electrons. The molecule has 1 N–H and O–H groups in total. The lowest BCUT2D eigenvalue weighted by Crippen LogP contribution is -2.46. The largest absolute Gasteiger partial charge is 0.487 e. The Morgan fingerprint density at radius 1 is 1.38 bits per heavy atom. The van der Waals surface area contributed by atoms with E-state index in [1.807, 2.05) is 38.2 Å². The summed E-state index contributed by atoms with van der Waals surface area (Å²) in [5, 5.41) is 7.32. The number of nitrogens with one attached hydrogen (secondary N) is 1. The number of nitrogens with zero attached hydrogens (tertiary/aromatic N) is 4. The second-order valence-electron chi connectivity index (χ2n) is 8.14. The van der Waals surface area contributed by atoms with Crippen molar-refractivity contribution in [2.45, 2.75) is 56.7 Å². The molecule has 4 rings (SSSR count). The normalized spacial score (nSPS) is 25.1. The van der Waals surface area contributed by atoms with E-state index in [1.54, 1.807) is 15.9 Å². The average Bonchev–Trinajstić information content (AvgIpc) is 3.21. The summed E-state index contributed by atoms with van der Waals surface area (Å²) in [5.41, 5.74) is 0.549. The molecule has 1 aromatic heterocycles. The average molecular weight is 397 g/mol. The van der Waals surface area contributed by atoms with E-state index in [9.17, 15) is 9.59 Å². The molecular weight excluding hydrogens is 370 g/mol. The van der Waals surface area contributed by atoms with Crippen LogP contribution in [0, 0.1) is 0 Å². The highest BCUT2D eigenvalue weighted by atomic mass is 16.5. The van der Waals surface area contributed by atoms with Crippen molar-refractivity contribution in [1.29, 1.82) is 0 Å². The Bertz CT molecular complexity index is 884. The lowest BCUT2D eigenvalue weighted by Gasteiger charge is -2.42. The molecule has 3 atom stereocenters. The van der Waals surface area contributed by atoms with Gasteiger partial charge in [-0.25, -0.2) is 9.67 Å². The third-order valence-corrected chi connectivity index (χ3v) is 6.02. The van der Waals surface area contributed by atoms with E-state index < -0.39 is 5.60 Å². The Morgan fingerprint density at radius 2 is 2.21 bits per heavy atom. The lowest BCUT2D eigenvalue weighted by atomic mass is 9.82. The minimum Gasteiger partial charge on any atom is -0.487 e. The molecule has 2 amide bonds. The molecule has 8 nitrogen and oxygen atoms in total. The maximum absolute atomic E-state index is 12.8. The molecule has 2 aromatic rings. The number of fused-ring (bicyclic) bond motifs is 1. The highest BCUT2D eigenvalue weighted by Crippen LogP contribution is 2.44. The van der Waals surface area contributed by atoms with Gasteiger partial charge in [-0.2, -0.15) is 5.10 Å². The Balaban J connectivity index is 1.52. The first-order chi connectivity index (χ1) is 14.0. The first kappa shape index (κ1) is 19.4. The van der Waals surface area contributed by atoms with E-state index >= 15 is 0 Å². The SMILES string of the molecule is CC(CC(=O)NC1CC2(CCC(=O)N(C)CC2)Oc2ccccc21)n1cncn1. The summed E-state index contributed by atoms with van der Waals surface area (Å²) in [7, 11) is 1.84. The number of ether oxygens (including phenoxy) is 1. The van der Waals surface area contributed by atoms with Crippen LogP contribution >= 0.6 is 0 Å². The monoisotopic (exact) mass is 397 g/mol. The van der Waals surface area contributed by atoms with Crippen LogP contribution in [0.1, 0.15) is 56.7 Å². The number of rotatable bonds is 4. The van der Waals surface area contributed by atoms with Crippen LogP contribution in [0.5, 0.6) is 5.75 Å². The Morgan fingerprint density at radius 3 is 3.00 bits per heavy atom. The quantitative estimate of drug-likeness (QED) is 0.855. The topological polar surface area (TPSA) is 89.4 Å². The smallest absolute Gasteiger partial charge is 0.222 e. The molecule has 3 unspecified atom stereocenters. The maximum atomic E-state index is 12.8. The van der Waals surface area contributed by atoms with Crippen LogP contribution in [-0.4, -0.2) is 50.7 Å². The van der Waals surface area contributed by atoms with E-state index in [2.05, 4.69) is 15.4 Å². The third-order valence-electron chi connectivity index (χ3n) is 6.02. The number of aromatic nitrogens is 3. The van der Waals surface area contributed by atoms with Crippen LogP contribution in [-0.2, 0) is 9.59 Å². The molecule has 1 fully saturated rings. The maximum Gasteiger partial charge on any atom is 0.222 e. The van der Waals surface area contributed by atoms with Crippen LogP contribution < -0.4 is 10.1 Å². The highest BCUT2D eigenvalue weighted by molar-refractivity contribution is 5.77. The molecule has 0 bridgehead atoms. The van der Waals surface area contributed by atoms with Gasteiger partial charge in [-0.05, 0) is 19.4 Å². The van der Waals surface area contributed by atoms with Crippen molar-refractivity contribution in [3.8, 4) is 5.75 Å². The van der Waals surface area contributed by atoms with Gasteiger partial charge in [-0.15, -0.1) is 0 Å². The predicted molar refractivity (Wildman–Crippen MR) is 106 cm³/mol. The fraction of sp³-hybridized carbons (Fsp3) is 0.524. The van der Waals surface area contributed by atoms with Crippen molar-refractivity contribution in [2.24, 2.45) is 0 Å². The molecule has 0 saturated carbocycles. The second-order valence-corrected chi connectivity index (χ2v) is 8.14. The summed E-state index contributed by atoms with van der Waals surface area (Å²) in [6, 6.07) is 7.63. The zero-order chi connectivity index (χ0) is 20.4. The molecule has 2 aliphatic rings.